The number of aliphatic hydroxyl groups excluding tert-OH is 1. The van der Waals surface area contributed by atoms with Crippen molar-refractivity contribution in [2.24, 2.45) is 0 Å². The molecule has 2 fully saturated rings. The molecule has 1 amide bonds. The van der Waals surface area contributed by atoms with E-state index in [1.165, 1.54) is 16.1 Å². The van der Waals surface area contributed by atoms with E-state index in [0.717, 1.165) is 0 Å². The fourth-order valence-electron chi connectivity index (χ4n) is 3.21. The van der Waals surface area contributed by atoms with Crippen LogP contribution in [0, 0.1) is 0 Å². The number of anilines is 1. The zero-order valence-corrected chi connectivity index (χ0v) is 12.6. The van der Waals surface area contributed by atoms with Gasteiger partial charge in [0.25, 0.3) is 0 Å². The molecule has 1 spiro atoms. The monoisotopic (exact) mass is 310 g/mol. The summed E-state index contributed by atoms with van der Waals surface area (Å²) in [7, 11) is -3.71. The summed E-state index contributed by atoms with van der Waals surface area (Å²) in [6.07, 6.45) is -0.716. The van der Waals surface area contributed by atoms with Gasteiger partial charge in [-0.3, -0.25) is 9.10 Å². The Bertz CT molecular complexity index is 661. The molecule has 1 aromatic carbocycles. The molecular formula is C14H18N2O4S. The van der Waals surface area contributed by atoms with E-state index in [1.807, 2.05) is 6.07 Å². The van der Waals surface area contributed by atoms with Gasteiger partial charge in [-0.2, -0.15) is 0 Å². The number of benzene rings is 1. The molecule has 0 aliphatic carbocycles. The number of carbonyl (C=O) groups excluding carboxylic acids is 1. The van der Waals surface area contributed by atoms with Crippen molar-refractivity contribution in [3.8, 4) is 0 Å². The Morgan fingerprint density at radius 2 is 2.00 bits per heavy atom. The number of rotatable bonds is 1. The Morgan fingerprint density at radius 1 is 1.33 bits per heavy atom. The molecule has 0 saturated carbocycles. The highest BCUT2D eigenvalue weighted by Crippen LogP contribution is 2.42. The van der Waals surface area contributed by atoms with E-state index in [-0.39, 0.29) is 25.4 Å². The Balaban J connectivity index is 2.00. The Kier molecular flexibility index (Phi) is 3.22. The molecular weight excluding hydrogens is 292 g/mol. The van der Waals surface area contributed by atoms with Crippen molar-refractivity contribution in [2.45, 2.75) is 24.2 Å². The van der Waals surface area contributed by atoms with Crippen LogP contribution < -0.4 is 4.31 Å². The Morgan fingerprint density at radius 3 is 2.57 bits per heavy atom. The lowest BCUT2D eigenvalue weighted by Gasteiger charge is -2.26. The van der Waals surface area contributed by atoms with Crippen LogP contribution in [0.4, 0.5) is 5.69 Å². The van der Waals surface area contributed by atoms with Crippen molar-refractivity contribution < 1.29 is 18.3 Å². The molecule has 0 aromatic heterocycles. The molecule has 2 heterocycles. The van der Waals surface area contributed by atoms with Crippen LogP contribution in [0.25, 0.3) is 0 Å². The fourth-order valence-corrected chi connectivity index (χ4v) is 5.47. The molecule has 2 atom stereocenters. The van der Waals surface area contributed by atoms with Crippen LogP contribution >= 0.6 is 0 Å². The topological polar surface area (TPSA) is 77.9 Å². The summed E-state index contributed by atoms with van der Waals surface area (Å²) >= 11 is 0. The van der Waals surface area contributed by atoms with Crippen LogP contribution in [0.1, 0.15) is 13.3 Å². The zero-order chi connectivity index (χ0) is 15.3. The first-order chi connectivity index (χ1) is 9.88. The van der Waals surface area contributed by atoms with E-state index < -0.39 is 20.9 Å². The van der Waals surface area contributed by atoms with E-state index in [2.05, 4.69) is 0 Å². The highest BCUT2D eigenvalue weighted by Gasteiger charge is 2.62. The molecule has 1 aromatic rings. The lowest BCUT2D eigenvalue weighted by molar-refractivity contribution is -0.127. The molecule has 0 radical (unpaired) electrons. The fraction of sp³-hybridized carbons (Fsp3) is 0.500. The summed E-state index contributed by atoms with van der Waals surface area (Å²) in [4.78, 5) is 13.0. The van der Waals surface area contributed by atoms with Gasteiger partial charge in [0.2, 0.25) is 15.9 Å². The molecule has 0 bridgehead atoms. The molecule has 7 heteroatoms. The van der Waals surface area contributed by atoms with Gasteiger partial charge in [-0.25, -0.2) is 8.42 Å². The van der Waals surface area contributed by atoms with Gasteiger partial charge >= 0.3 is 0 Å². The second kappa shape index (κ2) is 4.71. The Labute approximate surface area is 124 Å². The predicted octanol–water partition coefficient (Wildman–Crippen LogP) is 0.188. The second-order valence-corrected chi connectivity index (χ2v) is 7.85. The molecule has 1 N–H and O–H groups in total. The van der Waals surface area contributed by atoms with E-state index in [4.69, 9.17) is 0 Å². The third-order valence-corrected chi connectivity index (χ3v) is 7.08. The number of sulfonamides is 1. The summed E-state index contributed by atoms with van der Waals surface area (Å²) in [6.45, 7) is 1.89. The highest BCUT2D eigenvalue weighted by atomic mass is 32.2. The van der Waals surface area contributed by atoms with Gasteiger partial charge in [-0.1, -0.05) is 18.2 Å². The molecule has 3 rings (SSSR count). The van der Waals surface area contributed by atoms with Crippen molar-refractivity contribution in [3.63, 3.8) is 0 Å². The minimum absolute atomic E-state index is 0.0398. The Hall–Kier alpha value is -1.60. The normalized spacial score (nSPS) is 31.0. The number of hydrogen-bond acceptors (Lipinski definition) is 4. The number of nitrogens with zero attached hydrogens (tertiary/aromatic N) is 2. The molecule has 21 heavy (non-hydrogen) atoms. The van der Waals surface area contributed by atoms with Crippen molar-refractivity contribution in [3.05, 3.63) is 30.3 Å². The van der Waals surface area contributed by atoms with Gasteiger partial charge in [-0.05, 0) is 18.6 Å². The summed E-state index contributed by atoms with van der Waals surface area (Å²) < 4.78 is 25.8. The summed E-state index contributed by atoms with van der Waals surface area (Å²) in [5.41, 5.74) is 0.551. The number of para-hydroxylation sites is 1. The van der Waals surface area contributed by atoms with E-state index in [9.17, 15) is 18.3 Å². The molecule has 0 unspecified atom stereocenters. The van der Waals surface area contributed by atoms with Gasteiger partial charge in [-0.15, -0.1) is 0 Å². The van der Waals surface area contributed by atoms with E-state index in [1.54, 1.807) is 24.3 Å². The molecule has 6 nitrogen and oxygen atoms in total. The lowest BCUT2D eigenvalue weighted by atomic mass is 10.0. The van der Waals surface area contributed by atoms with Gasteiger partial charge in [0.15, 0.2) is 0 Å². The minimum Gasteiger partial charge on any atom is -0.389 e. The van der Waals surface area contributed by atoms with Crippen LogP contribution in [0.15, 0.2) is 30.3 Å². The van der Waals surface area contributed by atoms with Gasteiger partial charge in [0.1, 0.15) is 4.75 Å². The third kappa shape index (κ3) is 1.95. The first-order valence-corrected chi connectivity index (χ1v) is 8.33. The summed E-state index contributed by atoms with van der Waals surface area (Å²) in [5, 5.41) is 10.4. The van der Waals surface area contributed by atoms with Gasteiger partial charge in [0.05, 0.1) is 18.3 Å². The summed E-state index contributed by atoms with van der Waals surface area (Å²) in [6, 6.07) is 8.75. The number of amides is 1. The van der Waals surface area contributed by atoms with Crippen LogP contribution in [0.3, 0.4) is 0 Å². The number of carbonyl (C=O) groups is 1. The molecule has 114 valence electrons. The van der Waals surface area contributed by atoms with Crippen molar-refractivity contribution >= 4 is 21.6 Å². The number of hydrogen-bond donors (Lipinski definition) is 1. The van der Waals surface area contributed by atoms with Crippen LogP contribution in [-0.4, -0.2) is 54.8 Å². The highest BCUT2D eigenvalue weighted by molar-refractivity contribution is 7.94. The first kappa shape index (κ1) is 14.3. The number of likely N-dealkylation sites (tertiary alicyclic amines) is 1. The molecule has 2 saturated heterocycles. The van der Waals surface area contributed by atoms with Crippen molar-refractivity contribution in [1.82, 2.24) is 4.90 Å². The standard InChI is InChI=1S/C14H18N2O4S/c1-11(17)15-8-7-14(10-15)13(18)9-16(21(14,19)20)12-5-3-2-4-6-12/h2-6,13,18H,7-10H2,1H3/t13-,14+/m0/s1. The first-order valence-electron chi connectivity index (χ1n) is 6.89. The predicted molar refractivity (Wildman–Crippen MR) is 78.3 cm³/mol. The maximum atomic E-state index is 12.9. The lowest BCUT2D eigenvalue weighted by Crippen LogP contribution is -2.48. The molecule has 2 aliphatic heterocycles. The molecule has 2 aliphatic rings. The maximum absolute atomic E-state index is 12.9. The third-order valence-electron chi connectivity index (χ3n) is 4.50. The zero-order valence-electron chi connectivity index (χ0n) is 11.8. The smallest absolute Gasteiger partial charge is 0.245 e. The largest absolute Gasteiger partial charge is 0.389 e. The average molecular weight is 310 g/mol. The maximum Gasteiger partial charge on any atom is 0.245 e. The van der Waals surface area contributed by atoms with Crippen LogP contribution in [0.5, 0.6) is 0 Å². The van der Waals surface area contributed by atoms with E-state index in [0.29, 0.717) is 12.2 Å². The average Bonchev–Trinajstić information content (AvgIpc) is 2.98. The summed E-state index contributed by atoms with van der Waals surface area (Å²) in [5.74, 6) is -0.160. The van der Waals surface area contributed by atoms with E-state index >= 15 is 0 Å². The van der Waals surface area contributed by atoms with Gasteiger partial charge in [0, 0.05) is 20.0 Å². The quantitative estimate of drug-likeness (QED) is 0.803. The van der Waals surface area contributed by atoms with Crippen molar-refractivity contribution in [2.75, 3.05) is 23.9 Å². The number of β-amino-alcohol motifs (C(OH)–C–C–N with tert-alkyl or cyclic N) is 1. The van der Waals surface area contributed by atoms with Crippen LogP contribution in [0.2, 0.25) is 0 Å². The number of aliphatic hydroxyl groups is 1. The SMILES string of the molecule is CC(=O)N1CC[C@@]2(C1)[C@@H](O)CN(c1ccccc1)S2(=O)=O. The second-order valence-electron chi connectivity index (χ2n) is 5.64. The van der Waals surface area contributed by atoms with Gasteiger partial charge < -0.3 is 10.0 Å². The van der Waals surface area contributed by atoms with Crippen LogP contribution in [-0.2, 0) is 14.8 Å². The van der Waals surface area contributed by atoms with Crippen molar-refractivity contribution in [1.29, 1.82) is 0 Å². The minimum atomic E-state index is -3.71.